The van der Waals surface area contributed by atoms with Gasteiger partial charge in [0.05, 0.1) is 0 Å². The minimum atomic E-state index is 0. The Labute approximate surface area is 68.1 Å². The van der Waals surface area contributed by atoms with Gasteiger partial charge < -0.3 is 14.2 Å². The third kappa shape index (κ3) is 4.40. The zero-order chi connectivity index (χ0) is 5.11. The molecule has 0 aliphatic heterocycles. The molecule has 0 amide bonds. The third-order valence-electron chi connectivity index (χ3n) is 0.902. The van der Waals surface area contributed by atoms with E-state index in [4.69, 9.17) is 0 Å². The molecular weight excluding hydrogens is 185 g/mol. The minimum Gasteiger partial charge on any atom is -1.00 e. The molecule has 0 heterocycles. The number of halogens is 2. The van der Waals surface area contributed by atoms with Crippen LogP contribution in [0.2, 0.25) is 0 Å². The van der Waals surface area contributed by atoms with Gasteiger partial charge in [0, 0.05) is 0 Å². The Bertz CT molecular complexity index is 143. The standard InChI is InChI=1S/C6H5O.Co.2FH/c7-5-6-3-1-2-4-6;;;/h1-3H,4H2;;2*1H/q-1;+3;;/p-2. The van der Waals surface area contributed by atoms with Gasteiger partial charge in [-0.25, -0.2) is 6.08 Å². The number of rotatable bonds is 1. The van der Waals surface area contributed by atoms with Crippen molar-refractivity contribution in [1.29, 1.82) is 0 Å². The summed E-state index contributed by atoms with van der Waals surface area (Å²) < 4.78 is 0. The van der Waals surface area contributed by atoms with Gasteiger partial charge in [-0.15, -0.1) is 12.2 Å². The Morgan fingerprint density at radius 2 is 2.00 bits per heavy atom. The Morgan fingerprint density at radius 3 is 2.20 bits per heavy atom. The van der Waals surface area contributed by atoms with Crippen molar-refractivity contribution >= 4 is 6.29 Å². The number of carbonyl (C=O) groups excluding carboxylic acids is 1. The summed E-state index contributed by atoms with van der Waals surface area (Å²) in [6, 6.07) is 0. The van der Waals surface area contributed by atoms with Crippen LogP contribution in [0, 0.1) is 0 Å². The van der Waals surface area contributed by atoms with E-state index in [-0.39, 0.29) is 26.2 Å². The first-order valence-electron chi connectivity index (χ1n) is 2.17. The molecule has 0 N–H and O–H groups in total. The van der Waals surface area contributed by atoms with Gasteiger partial charge in [0.2, 0.25) is 0 Å². The number of allylic oxidation sites excluding steroid dienone is 4. The normalized spacial score (nSPS) is 11.8. The Kier molecular flexibility index (Phi) is 13.8. The monoisotopic (exact) mass is 190 g/mol. The molecule has 0 radical (unpaired) electrons. The summed E-state index contributed by atoms with van der Waals surface area (Å²) in [6.45, 7) is 0. The van der Waals surface area contributed by atoms with Gasteiger partial charge in [-0.05, 0) is 12.7 Å². The molecule has 0 atom stereocenters. The topological polar surface area (TPSA) is 17.1 Å². The van der Waals surface area contributed by atoms with E-state index in [1.54, 1.807) is 6.08 Å². The van der Waals surface area contributed by atoms with Crippen LogP contribution in [0.25, 0.3) is 0 Å². The van der Waals surface area contributed by atoms with E-state index in [2.05, 4.69) is 0 Å². The molecule has 0 spiro atoms. The number of hydrogen-bond acceptors (Lipinski definition) is 1. The summed E-state index contributed by atoms with van der Waals surface area (Å²) in [5, 5.41) is 0. The summed E-state index contributed by atoms with van der Waals surface area (Å²) in [7, 11) is 0. The molecule has 0 aromatic carbocycles. The van der Waals surface area contributed by atoms with E-state index in [1.165, 1.54) is 0 Å². The average molecular weight is 190 g/mol. The molecule has 0 bridgehead atoms. The molecule has 58 valence electrons. The fourth-order valence-corrected chi connectivity index (χ4v) is 0.523. The Hall–Kier alpha value is -0.484. The van der Waals surface area contributed by atoms with E-state index < -0.39 is 0 Å². The average Bonchev–Trinajstić information content (AvgIpc) is 2.14. The van der Waals surface area contributed by atoms with Crippen molar-refractivity contribution in [2.24, 2.45) is 0 Å². The largest absolute Gasteiger partial charge is 3.00 e. The van der Waals surface area contributed by atoms with Gasteiger partial charge in [-0.2, -0.15) is 5.57 Å². The molecule has 0 saturated heterocycles. The zero-order valence-corrected chi connectivity index (χ0v) is 5.98. The van der Waals surface area contributed by atoms with Gasteiger partial charge in [0.1, 0.15) is 0 Å². The van der Waals surface area contributed by atoms with Gasteiger partial charge in [-0.1, -0.05) is 0 Å². The second kappa shape index (κ2) is 8.52. The van der Waals surface area contributed by atoms with Crippen LogP contribution < -0.4 is 9.41 Å². The van der Waals surface area contributed by atoms with Crippen LogP contribution >= 0.6 is 0 Å². The van der Waals surface area contributed by atoms with E-state index in [0.717, 1.165) is 12.0 Å². The molecule has 1 rings (SSSR count). The van der Waals surface area contributed by atoms with Crippen LogP contribution in [0.3, 0.4) is 0 Å². The fourth-order valence-electron chi connectivity index (χ4n) is 0.523. The molecule has 4 heteroatoms. The Morgan fingerprint density at radius 1 is 1.40 bits per heavy atom. The van der Waals surface area contributed by atoms with E-state index in [1.807, 2.05) is 18.4 Å². The molecule has 10 heavy (non-hydrogen) atoms. The van der Waals surface area contributed by atoms with Gasteiger partial charge in [0.25, 0.3) is 0 Å². The fraction of sp³-hybridized carbons (Fsp3) is 0.167. The maximum atomic E-state index is 9.77. The Balaban J connectivity index is -0.000000163. The van der Waals surface area contributed by atoms with Crippen LogP contribution in [-0.2, 0) is 21.6 Å². The summed E-state index contributed by atoms with van der Waals surface area (Å²) in [5.41, 5.74) is 0.750. The molecule has 0 aromatic rings. The number of hydrogen-bond donors (Lipinski definition) is 0. The minimum absolute atomic E-state index is 0. The summed E-state index contributed by atoms with van der Waals surface area (Å²) in [5.74, 6) is 0. The van der Waals surface area contributed by atoms with Gasteiger partial charge in [0.15, 0.2) is 0 Å². The van der Waals surface area contributed by atoms with Crippen molar-refractivity contribution in [2.75, 3.05) is 0 Å². The second-order valence-electron chi connectivity index (χ2n) is 1.43. The van der Waals surface area contributed by atoms with Crippen LogP contribution in [-0.4, -0.2) is 6.29 Å². The van der Waals surface area contributed by atoms with Crippen LogP contribution in [0.4, 0.5) is 0 Å². The van der Waals surface area contributed by atoms with Crippen molar-refractivity contribution in [2.45, 2.75) is 6.42 Å². The first kappa shape index (κ1) is 16.3. The van der Waals surface area contributed by atoms with Crippen molar-refractivity contribution < 1.29 is 31.0 Å². The quantitative estimate of drug-likeness (QED) is 0.378. The van der Waals surface area contributed by atoms with Gasteiger partial charge >= 0.3 is 16.8 Å². The zero-order valence-electron chi connectivity index (χ0n) is 4.94. The first-order chi connectivity index (χ1) is 3.43. The van der Waals surface area contributed by atoms with E-state index in [9.17, 15) is 4.79 Å². The van der Waals surface area contributed by atoms with E-state index in [0.29, 0.717) is 0 Å². The summed E-state index contributed by atoms with van der Waals surface area (Å²) in [6.07, 6.45) is 8.14. The molecule has 1 aliphatic carbocycles. The smallest absolute Gasteiger partial charge is 1.00 e. The molecule has 0 fully saturated rings. The summed E-state index contributed by atoms with van der Waals surface area (Å²) in [4.78, 5) is 9.77. The molecule has 0 saturated carbocycles. The predicted octanol–water partition coefficient (Wildman–Crippen LogP) is -5.01. The van der Waals surface area contributed by atoms with Crippen molar-refractivity contribution in [3.05, 3.63) is 23.8 Å². The molecular formula is C6H5CoF2O. The van der Waals surface area contributed by atoms with Gasteiger partial charge in [-0.3, -0.25) is 0 Å². The summed E-state index contributed by atoms with van der Waals surface area (Å²) >= 11 is 0. The molecule has 1 nitrogen and oxygen atoms in total. The van der Waals surface area contributed by atoms with Crippen LogP contribution in [0.15, 0.2) is 23.8 Å². The van der Waals surface area contributed by atoms with Crippen molar-refractivity contribution in [3.8, 4) is 0 Å². The van der Waals surface area contributed by atoms with E-state index >= 15 is 0 Å². The van der Waals surface area contributed by atoms with Crippen molar-refractivity contribution in [3.63, 3.8) is 0 Å². The second-order valence-corrected chi connectivity index (χ2v) is 1.43. The predicted molar refractivity (Wildman–Crippen MR) is 27.5 cm³/mol. The van der Waals surface area contributed by atoms with Crippen molar-refractivity contribution in [1.82, 2.24) is 0 Å². The SMILES string of the molecule is O=[C-]C1=CC=CC1.[Co+3].[F-].[F-]. The molecule has 1 aliphatic rings. The van der Waals surface area contributed by atoms with Crippen LogP contribution in [0.5, 0.6) is 0 Å². The maximum Gasteiger partial charge on any atom is 3.00 e. The maximum absolute atomic E-state index is 9.77. The first-order valence-corrected chi connectivity index (χ1v) is 2.17. The molecule has 0 aromatic heterocycles. The molecule has 0 unspecified atom stereocenters. The van der Waals surface area contributed by atoms with Crippen LogP contribution in [0.1, 0.15) is 6.42 Å². The third-order valence-corrected chi connectivity index (χ3v) is 0.902.